The third kappa shape index (κ3) is 3.86. The van der Waals surface area contributed by atoms with Crippen molar-refractivity contribution in [1.29, 1.82) is 0 Å². The molecule has 1 aromatic rings. The van der Waals surface area contributed by atoms with Gasteiger partial charge in [-0.3, -0.25) is 4.79 Å². The van der Waals surface area contributed by atoms with Gasteiger partial charge in [-0.15, -0.1) is 0 Å². The zero-order chi connectivity index (χ0) is 18.2. The van der Waals surface area contributed by atoms with Gasteiger partial charge in [0.2, 0.25) is 5.91 Å². The Morgan fingerprint density at radius 1 is 1.24 bits per heavy atom. The summed E-state index contributed by atoms with van der Waals surface area (Å²) in [6.45, 7) is 1.34. The Morgan fingerprint density at radius 3 is 2.68 bits per heavy atom. The van der Waals surface area contributed by atoms with E-state index < -0.39 is 10.2 Å². The van der Waals surface area contributed by atoms with Gasteiger partial charge >= 0.3 is 0 Å². The summed E-state index contributed by atoms with van der Waals surface area (Å²) >= 11 is 0. The maximum Gasteiger partial charge on any atom is 0.281 e. The number of fused-ring (bicyclic) bond motifs is 4. The molecule has 0 N–H and O–H groups in total. The number of carbonyl (C=O) groups excluding carboxylic acids is 1. The Hall–Kier alpha value is -1.51. The lowest BCUT2D eigenvalue weighted by atomic mass is 9.94. The monoisotopic (exact) mass is 369 g/mol. The number of carbonyl (C=O) groups is 1. The lowest BCUT2D eigenvalue weighted by Gasteiger charge is -2.36. The van der Waals surface area contributed by atoms with E-state index in [0.29, 0.717) is 25.2 Å². The molecule has 0 aromatic heterocycles. The molecule has 3 aliphatic rings. The molecular formula is C17H24FN3O3S. The Bertz CT molecular complexity index is 753. The molecular weight excluding hydrogens is 345 g/mol. The van der Waals surface area contributed by atoms with E-state index in [9.17, 15) is 17.6 Å². The summed E-state index contributed by atoms with van der Waals surface area (Å²) in [7, 11) is -0.438. The van der Waals surface area contributed by atoms with Gasteiger partial charge in [0.25, 0.3) is 10.2 Å². The van der Waals surface area contributed by atoms with Crippen LogP contribution in [0.25, 0.3) is 0 Å². The van der Waals surface area contributed by atoms with E-state index in [1.165, 1.54) is 34.8 Å². The predicted molar refractivity (Wildman–Crippen MR) is 92.5 cm³/mol. The average Bonchev–Trinajstić information content (AvgIpc) is 2.87. The number of halogens is 1. The van der Waals surface area contributed by atoms with Crippen LogP contribution in [0.1, 0.15) is 18.4 Å². The Balaban J connectivity index is 1.75. The van der Waals surface area contributed by atoms with E-state index in [1.807, 2.05) is 0 Å². The van der Waals surface area contributed by atoms with E-state index in [2.05, 4.69) is 0 Å². The van der Waals surface area contributed by atoms with Crippen molar-refractivity contribution < 1.29 is 17.6 Å². The molecule has 3 fully saturated rings. The van der Waals surface area contributed by atoms with Gasteiger partial charge in [0.05, 0.1) is 6.42 Å². The first-order valence-electron chi connectivity index (χ1n) is 8.49. The minimum Gasteiger partial charge on any atom is -0.338 e. The number of benzene rings is 1. The van der Waals surface area contributed by atoms with Crippen LogP contribution in [0.2, 0.25) is 0 Å². The van der Waals surface area contributed by atoms with E-state index in [-0.39, 0.29) is 30.1 Å². The third-order valence-electron chi connectivity index (χ3n) is 5.03. The second-order valence-corrected chi connectivity index (χ2v) is 9.20. The second-order valence-electron chi connectivity index (χ2n) is 7.06. The topological polar surface area (TPSA) is 60.9 Å². The van der Waals surface area contributed by atoms with Gasteiger partial charge in [-0.25, -0.2) is 4.39 Å². The van der Waals surface area contributed by atoms with Crippen LogP contribution in [0.3, 0.4) is 0 Å². The predicted octanol–water partition coefficient (Wildman–Crippen LogP) is 1.10. The van der Waals surface area contributed by atoms with E-state index in [1.54, 1.807) is 17.0 Å². The molecule has 2 atom stereocenters. The molecule has 0 aliphatic carbocycles. The fourth-order valence-corrected chi connectivity index (χ4v) is 4.91. The SMILES string of the molecule is CN(C)S(=O)(=O)N1C[C@@H]2CC[C@H](C1)N(C(=O)Cc1cccc(F)c1)C2. The Morgan fingerprint density at radius 2 is 2.00 bits per heavy atom. The summed E-state index contributed by atoms with van der Waals surface area (Å²) in [6, 6.07) is 5.94. The maximum absolute atomic E-state index is 13.3. The van der Waals surface area contributed by atoms with E-state index >= 15 is 0 Å². The number of nitrogens with zero attached hydrogens (tertiary/aromatic N) is 3. The van der Waals surface area contributed by atoms with Gasteiger partial charge in [0.1, 0.15) is 5.82 Å². The van der Waals surface area contributed by atoms with Gasteiger partial charge in [-0.2, -0.15) is 17.0 Å². The highest BCUT2D eigenvalue weighted by Crippen LogP contribution is 2.30. The quantitative estimate of drug-likeness (QED) is 0.798. The molecule has 25 heavy (non-hydrogen) atoms. The first-order chi connectivity index (χ1) is 11.8. The van der Waals surface area contributed by atoms with Crippen LogP contribution in [0.4, 0.5) is 4.39 Å². The number of hydrogen-bond donors (Lipinski definition) is 0. The molecule has 0 unspecified atom stereocenters. The van der Waals surface area contributed by atoms with Crippen molar-refractivity contribution in [2.24, 2.45) is 5.92 Å². The van der Waals surface area contributed by atoms with Crippen molar-refractivity contribution in [2.75, 3.05) is 33.7 Å². The summed E-state index contributed by atoms with van der Waals surface area (Å²) in [5, 5.41) is 0. The molecule has 3 heterocycles. The van der Waals surface area contributed by atoms with Crippen molar-refractivity contribution in [1.82, 2.24) is 13.5 Å². The highest BCUT2D eigenvalue weighted by molar-refractivity contribution is 7.86. The van der Waals surface area contributed by atoms with E-state index in [0.717, 1.165) is 12.8 Å². The standard InChI is InChI=1S/C17H24FN3O3S/c1-19(2)25(23,24)20-10-14-6-7-16(12-20)21(11-14)17(22)9-13-4-3-5-15(18)8-13/h3-5,8,14,16H,6-7,9-12H2,1-2H3/t14-,16+/m0/s1. The fraction of sp³-hybridized carbons (Fsp3) is 0.588. The number of piperidine rings is 1. The summed E-state index contributed by atoms with van der Waals surface area (Å²) < 4.78 is 41.0. The number of hydrogen-bond acceptors (Lipinski definition) is 3. The minimum atomic E-state index is -3.48. The van der Waals surface area contributed by atoms with Crippen LogP contribution in [0.15, 0.2) is 24.3 Å². The van der Waals surface area contributed by atoms with Gasteiger partial charge in [0, 0.05) is 39.8 Å². The molecule has 0 saturated carbocycles. The highest BCUT2D eigenvalue weighted by atomic mass is 32.2. The molecule has 1 aromatic carbocycles. The molecule has 1 amide bonds. The van der Waals surface area contributed by atoms with Gasteiger partial charge in [-0.1, -0.05) is 12.1 Å². The summed E-state index contributed by atoms with van der Waals surface area (Å²) in [5.74, 6) is -0.278. The number of rotatable bonds is 4. The number of amides is 1. The summed E-state index contributed by atoms with van der Waals surface area (Å²) in [6.07, 6.45) is 1.87. The Kier molecular flexibility index (Phi) is 5.13. The van der Waals surface area contributed by atoms with Crippen LogP contribution in [0, 0.1) is 11.7 Å². The first-order valence-corrected chi connectivity index (χ1v) is 9.88. The smallest absolute Gasteiger partial charge is 0.281 e. The lowest BCUT2D eigenvalue weighted by molar-refractivity contribution is -0.134. The molecule has 4 rings (SSSR count). The Labute approximate surface area is 148 Å². The van der Waals surface area contributed by atoms with Gasteiger partial charge in [-0.05, 0) is 36.5 Å². The van der Waals surface area contributed by atoms with Crippen LogP contribution in [0.5, 0.6) is 0 Å². The molecule has 138 valence electrons. The van der Waals surface area contributed by atoms with Gasteiger partial charge in [0.15, 0.2) is 0 Å². The van der Waals surface area contributed by atoms with Crippen molar-refractivity contribution in [3.05, 3.63) is 35.6 Å². The normalized spacial score (nSPS) is 24.6. The molecule has 6 nitrogen and oxygen atoms in total. The molecule has 3 aliphatic heterocycles. The lowest BCUT2D eigenvalue weighted by Crippen LogP contribution is -2.49. The second kappa shape index (κ2) is 7.01. The minimum absolute atomic E-state index is 0.0654. The van der Waals surface area contributed by atoms with Crippen molar-refractivity contribution >= 4 is 16.1 Å². The molecule has 2 bridgehead atoms. The average molecular weight is 369 g/mol. The fourth-order valence-electron chi connectivity index (χ4n) is 3.69. The van der Waals surface area contributed by atoms with Crippen molar-refractivity contribution in [2.45, 2.75) is 25.3 Å². The molecule has 0 spiro atoms. The van der Waals surface area contributed by atoms with Crippen LogP contribution in [-0.4, -0.2) is 67.6 Å². The highest BCUT2D eigenvalue weighted by Gasteiger charge is 2.41. The van der Waals surface area contributed by atoms with Crippen LogP contribution < -0.4 is 0 Å². The van der Waals surface area contributed by atoms with Gasteiger partial charge < -0.3 is 4.90 Å². The molecule has 3 saturated heterocycles. The zero-order valence-corrected chi connectivity index (χ0v) is 15.4. The van der Waals surface area contributed by atoms with Crippen LogP contribution in [-0.2, 0) is 21.4 Å². The summed E-state index contributed by atoms with van der Waals surface area (Å²) in [5.41, 5.74) is 0.642. The van der Waals surface area contributed by atoms with Crippen LogP contribution >= 0.6 is 0 Å². The zero-order valence-electron chi connectivity index (χ0n) is 14.6. The first kappa shape index (κ1) is 18.3. The third-order valence-corrected chi connectivity index (χ3v) is 6.91. The maximum atomic E-state index is 13.3. The molecule has 8 heteroatoms. The van der Waals surface area contributed by atoms with Crippen molar-refractivity contribution in [3.8, 4) is 0 Å². The summed E-state index contributed by atoms with van der Waals surface area (Å²) in [4.78, 5) is 14.5. The van der Waals surface area contributed by atoms with E-state index in [4.69, 9.17) is 0 Å². The largest absolute Gasteiger partial charge is 0.338 e. The van der Waals surface area contributed by atoms with Crippen molar-refractivity contribution in [3.63, 3.8) is 0 Å². The molecule has 0 radical (unpaired) electrons.